The van der Waals surface area contributed by atoms with Crippen molar-refractivity contribution < 1.29 is 4.39 Å². The Balaban J connectivity index is 2.05. The molecule has 0 aliphatic carbocycles. The molecule has 0 spiro atoms. The molecular formula is C14H17FN2S2. The fourth-order valence-corrected chi connectivity index (χ4v) is 3.74. The molecule has 0 aliphatic heterocycles. The summed E-state index contributed by atoms with van der Waals surface area (Å²) in [6, 6.07) is 6.55. The van der Waals surface area contributed by atoms with Gasteiger partial charge in [-0.25, -0.2) is 9.37 Å². The molecule has 1 heterocycles. The van der Waals surface area contributed by atoms with Crippen LogP contribution in [0.4, 0.5) is 4.39 Å². The molecule has 0 unspecified atom stereocenters. The van der Waals surface area contributed by atoms with E-state index in [9.17, 15) is 4.39 Å². The van der Waals surface area contributed by atoms with Gasteiger partial charge >= 0.3 is 0 Å². The molecule has 0 aliphatic rings. The van der Waals surface area contributed by atoms with Crippen LogP contribution in [-0.2, 0) is 12.3 Å². The van der Waals surface area contributed by atoms with E-state index in [2.05, 4.69) is 18.8 Å². The molecule has 0 bridgehead atoms. The van der Waals surface area contributed by atoms with Gasteiger partial charge in [0.05, 0.1) is 11.4 Å². The first-order valence-electron chi connectivity index (χ1n) is 6.17. The minimum atomic E-state index is -0.203. The topological polar surface area (TPSA) is 38.9 Å². The molecule has 5 heteroatoms. The number of nitrogens with two attached hydrogens (primary N) is 1. The Bertz CT molecular complexity index is 535. The van der Waals surface area contributed by atoms with Crippen molar-refractivity contribution in [3.8, 4) is 0 Å². The molecule has 0 saturated carbocycles. The predicted molar refractivity (Wildman–Crippen MR) is 80.1 cm³/mol. The molecule has 2 N–H and O–H groups in total. The number of halogens is 1. The van der Waals surface area contributed by atoms with Crippen LogP contribution in [0.3, 0.4) is 0 Å². The lowest BCUT2D eigenvalue weighted by molar-refractivity contribution is 0.626. The molecule has 2 rings (SSSR count). The second kappa shape index (κ2) is 6.50. The summed E-state index contributed by atoms with van der Waals surface area (Å²) in [5.74, 6) is 1.00. The van der Waals surface area contributed by atoms with Crippen LogP contribution in [-0.4, -0.2) is 4.98 Å². The fourth-order valence-electron chi connectivity index (χ4n) is 1.75. The normalized spacial score (nSPS) is 11.2. The molecule has 0 amide bonds. The van der Waals surface area contributed by atoms with Crippen LogP contribution in [0.15, 0.2) is 29.2 Å². The molecule has 0 radical (unpaired) electrons. The highest BCUT2D eigenvalue weighted by Crippen LogP contribution is 2.29. The molecule has 0 saturated heterocycles. The third-order valence-electron chi connectivity index (χ3n) is 2.68. The van der Waals surface area contributed by atoms with Crippen molar-refractivity contribution in [2.75, 3.05) is 0 Å². The average molecular weight is 296 g/mol. The lowest BCUT2D eigenvalue weighted by Crippen LogP contribution is -1.99. The fraction of sp³-hybridized carbons (Fsp3) is 0.357. The van der Waals surface area contributed by atoms with Gasteiger partial charge in [0.25, 0.3) is 0 Å². The van der Waals surface area contributed by atoms with Crippen molar-refractivity contribution in [2.45, 2.75) is 37.0 Å². The van der Waals surface area contributed by atoms with Crippen molar-refractivity contribution in [1.82, 2.24) is 4.98 Å². The first-order chi connectivity index (χ1) is 9.10. The number of hydrogen-bond donors (Lipinski definition) is 1. The first kappa shape index (κ1) is 14.5. The Labute approximate surface area is 121 Å². The lowest BCUT2D eigenvalue weighted by Gasteiger charge is -2.01. The van der Waals surface area contributed by atoms with E-state index in [4.69, 9.17) is 5.73 Å². The molecule has 19 heavy (non-hydrogen) atoms. The van der Waals surface area contributed by atoms with Gasteiger partial charge in [-0.2, -0.15) is 0 Å². The van der Waals surface area contributed by atoms with Gasteiger partial charge < -0.3 is 5.73 Å². The molecule has 102 valence electrons. The molecule has 2 nitrogen and oxygen atoms in total. The summed E-state index contributed by atoms with van der Waals surface area (Å²) in [4.78, 5) is 6.88. The van der Waals surface area contributed by atoms with Crippen LogP contribution >= 0.6 is 23.1 Å². The lowest BCUT2D eigenvalue weighted by atomic mass is 10.1. The number of hydrogen-bond acceptors (Lipinski definition) is 4. The van der Waals surface area contributed by atoms with Gasteiger partial charge in [-0.3, -0.25) is 0 Å². The maximum atomic E-state index is 12.8. The third kappa shape index (κ3) is 3.78. The number of thioether (sulfide) groups is 1. The second-order valence-electron chi connectivity index (χ2n) is 4.52. The van der Waals surface area contributed by atoms with E-state index in [1.807, 2.05) is 0 Å². The Morgan fingerprint density at radius 1 is 1.32 bits per heavy atom. The smallest absolute Gasteiger partial charge is 0.123 e. The maximum absolute atomic E-state index is 12.8. The number of thiazole rings is 1. The van der Waals surface area contributed by atoms with Crippen LogP contribution in [0.5, 0.6) is 0 Å². The summed E-state index contributed by atoms with van der Waals surface area (Å²) in [5.41, 5.74) is 6.86. The van der Waals surface area contributed by atoms with Gasteiger partial charge in [0, 0.05) is 16.3 Å². The maximum Gasteiger partial charge on any atom is 0.123 e. The highest BCUT2D eigenvalue weighted by Gasteiger charge is 2.13. The van der Waals surface area contributed by atoms with Gasteiger partial charge in [0.1, 0.15) is 10.8 Å². The zero-order valence-corrected chi connectivity index (χ0v) is 12.7. The summed E-state index contributed by atoms with van der Waals surface area (Å²) < 4.78 is 12.8. The van der Waals surface area contributed by atoms with E-state index < -0.39 is 0 Å². The standard InChI is InChI=1S/C14H17FN2S2/c1-9(2)14-12(7-16)19-13(17-14)8-18-11-5-3-10(15)4-6-11/h3-6,9H,7-8,16H2,1-2H3. The summed E-state index contributed by atoms with van der Waals surface area (Å²) in [5, 5.41) is 1.08. The minimum absolute atomic E-state index is 0.203. The Kier molecular flexibility index (Phi) is 4.96. The molecular weight excluding hydrogens is 279 g/mol. The first-order valence-corrected chi connectivity index (χ1v) is 7.97. The largest absolute Gasteiger partial charge is 0.326 e. The zero-order valence-electron chi connectivity index (χ0n) is 11.0. The third-order valence-corrected chi connectivity index (χ3v) is 4.98. The number of aromatic nitrogens is 1. The van der Waals surface area contributed by atoms with Crippen LogP contribution in [0.2, 0.25) is 0 Å². The van der Waals surface area contributed by atoms with Gasteiger partial charge in [0.2, 0.25) is 0 Å². The molecule has 0 fully saturated rings. The van der Waals surface area contributed by atoms with E-state index in [0.29, 0.717) is 12.5 Å². The summed E-state index contributed by atoms with van der Waals surface area (Å²) in [6.07, 6.45) is 0. The average Bonchev–Trinajstić information content (AvgIpc) is 2.81. The molecule has 1 aromatic heterocycles. The van der Waals surface area contributed by atoms with Crippen molar-refractivity contribution in [3.05, 3.63) is 45.7 Å². The van der Waals surface area contributed by atoms with E-state index >= 15 is 0 Å². The van der Waals surface area contributed by atoms with E-state index in [-0.39, 0.29) is 5.82 Å². The van der Waals surface area contributed by atoms with Crippen LogP contribution < -0.4 is 5.73 Å². The van der Waals surface area contributed by atoms with E-state index in [0.717, 1.165) is 21.3 Å². The highest BCUT2D eigenvalue weighted by atomic mass is 32.2. The van der Waals surface area contributed by atoms with E-state index in [1.54, 1.807) is 35.2 Å². The van der Waals surface area contributed by atoms with Gasteiger partial charge in [0.15, 0.2) is 0 Å². The van der Waals surface area contributed by atoms with Crippen LogP contribution in [0.1, 0.15) is 35.3 Å². The molecule has 0 atom stereocenters. The van der Waals surface area contributed by atoms with Gasteiger partial charge in [-0.15, -0.1) is 23.1 Å². The minimum Gasteiger partial charge on any atom is -0.326 e. The second-order valence-corrected chi connectivity index (χ2v) is 6.73. The number of rotatable bonds is 5. The van der Waals surface area contributed by atoms with Crippen molar-refractivity contribution in [2.24, 2.45) is 5.73 Å². The van der Waals surface area contributed by atoms with Crippen LogP contribution in [0, 0.1) is 5.82 Å². The summed E-state index contributed by atoms with van der Waals surface area (Å²) in [6.45, 7) is 4.81. The molecule has 1 aromatic carbocycles. The number of benzene rings is 1. The van der Waals surface area contributed by atoms with Crippen molar-refractivity contribution >= 4 is 23.1 Å². The van der Waals surface area contributed by atoms with Crippen molar-refractivity contribution in [3.63, 3.8) is 0 Å². The SMILES string of the molecule is CC(C)c1nc(CSc2ccc(F)cc2)sc1CN. The highest BCUT2D eigenvalue weighted by molar-refractivity contribution is 7.98. The van der Waals surface area contributed by atoms with E-state index in [1.165, 1.54) is 17.0 Å². The van der Waals surface area contributed by atoms with Gasteiger partial charge in [-0.05, 0) is 30.2 Å². The number of nitrogens with zero attached hydrogens (tertiary/aromatic N) is 1. The van der Waals surface area contributed by atoms with Crippen molar-refractivity contribution in [1.29, 1.82) is 0 Å². The monoisotopic (exact) mass is 296 g/mol. The predicted octanol–water partition coefficient (Wildman–Crippen LogP) is 4.16. The summed E-state index contributed by atoms with van der Waals surface area (Å²) in [7, 11) is 0. The van der Waals surface area contributed by atoms with Gasteiger partial charge in [-0.1, -0.05) is 13.8 Å². The van der Waals surface area contributed by atoms with Crippen LogP contribution in [0.25, 0.3) is 0 Å². The molecule has 2 aromatic rings. The quantitative estimate of drug-likeness (QED) is 0.842. The Morgan fingerprint density at radius 2 is 2.00 bits per heavy atom. The Morgan fingerprint density at radius 3 is 2.53 bits per heavy atom. The summed E-state index contributed by atoms with van der Waals surface area (Å²) >= 11 is 3.35. The Hall–Kier alpha value is -0.910. The zero-order chi connectivity index (χ0) is 13.8.